The van der Waals surface area contributed by atoms with Crippen LogP contribution in [0.4, 0.5) is 11.4 Å². The molecule has 10 heteroatoms. The summed E-state index contributed by atoms with van der Waals surface area (Å²) in [5.74, 6) is -1.13. The Morgan fingerprint density at radius 1 is 1.24 bits per heavy atom. The van der Waals surface area contributed by atoms with Gasteiger partial charge in [-0.1, -0.05) is 0 Å². The van der Waals surface area contributed by atoms with Gasteiger partial charge in [0.25, 0.3) is 17.5 Å². The maximum atomic E-state index is 12.1. The first-order valence-electron chi connectivity index (χ1n) is 7.38. The number of hydrogen-bond donors (Lipinski definition) is 3. The average Bonchev–Trinajstić information content (AvgIpc) is 2.89. The Balaban J connectivity index is 2.00. The molecule has 2 aromatic rings. The predicted octanol–water partition coefficient (Wildman–Crippen LogP) is 0.911. The van der Waals surface area contributed by atoms with Crippen LogP contribution in [0.2, 0.25) is 0 Å². The molecule has 0 aliphatic heterocycles. The molecule has 3 N–H and O–H groups in total. The summed E-state index contributed by atoms with van der Waals surface area (Å²) >= 11 is 0. The molecule has 2 rings (SSSR count). The van der Waals surface area contributed by atoms with Crippen molar-refractivity contribution < 1.29 is 14.5 Å². The number of carbonyl (C=O) groups is 2. The number of nitro benzene ring substituents is 1. The van der Waals surface area contributed by atoms with Gasteiger partial charge in [-0.2, -0.15) is 5.10 Å². The standard InChI is InChI=1S/C15H18N6O4/c1-9-6-10(2)20(19-9)8-14(22)17-18-15(23)11-4-5-12(16-3)13(7-11)21(24)25/h4-7,16H,8H2,1-3H3,(H,17,22)(H,18,23). The summed E-state index contributed by atoms with van der Waals surface area (Å²) in [5, 5.41) is 17.8. The minimum Gasteiger partial charge on any atom is -0.383 e. The highest BCUT2D eigenvalue weighted by molar-refractivity contribution is 5.96. The molecule has 132 valence electrons. The number of anilines is 1. The van der Waals surface area contributed by atoms with E-state index in [0.717, 1.165) is 17.5 Å². The van der Waals surface area contributed by atoms with Crippen LogP contribution in [-0.4, -0.2) is 33.6 Å². The van der Waals surface area contributed by atoms with Crippen LogP contribution in [0.5, 0.6) is 0 Å². The molecule has 25 heavy (non-hydrogen) atoms. The Morgan fingerprint density at radius 2 is 1.96 bits per heavy atom. The highest BCUT2D eigenvalue weighted by Crippen LogP contribution is 2.24. The van der Waals surface area contributed by atoms with Gasteiger partial charge in [-0.15, -0.1) is 0 Å². The zero-order valence-corrected chi connectivity index (χ0v) is 14.0. The van der Waals surface area contributed by atoms with Gasteiger partial charge < -0.3 is 5.32 Å². The number of benzene rings is 1. The average molecular weight is 346 g/mol. The van der Waals surface area contributed by atoms with E-state index < -0.39 is 16.7 Å². The SMILES string of the molecule is CNc1ccc(C(=O)NNC(=O)Cn2nc(C)cc2C)cc1[N+](=O)[O-]. The Kier molecular flexibility index (Phi) is 5.32. The molecule has 1 heterocycles. The van der Waals surface area contributed by atoms with Gasteiger partial charge in [0.05, 0.1) is 10.6 Å². The highest BCUT2D eigenvalue weighted by atomic mass is 16.6. The van der Waals surface area contributed by atoms with E-state index in [1.54, 1.807) is 7.05 Å². The van der Waals surface area contributed by atoms with E-state index in [-0.39, 0.29) is 23.5 Å². The van der Waals surface area contributed by atoms with Crippen molar-refractivity contribution in [2.24, 2.45) is 0 Å². The summed E-state index contributed by atoms with van der Waals surface area (Å²) in [5.41, 5.74) is 6.19. The molecule has 0 aliphatic rings. The molecule has 2 amide bonds. The van der Waals surface area contributed by atoms with Crippen molar-refractivity contribution in [2.45, 2.75) is 20.4 Å². The van der Waals surface area contributed by atoms with Gasteiger partial charge in [0.15, 0.2) is 0 Å². The molecule has 0 bridgehead atoms. The Bertz CT molecular complexity index is 829. The number of amides is 2. The lowest BCUT2D eigenvalue weighted by atomic mass is 10.1. The zero-order chi connectivity index (χ0) is 18.6. The third-order valence-corrected chi connectivity index (χ3v) is 3.44. The highest BCUT2D eigenvalue weighted by Gasteiger charge is 2.17. The van der Waals surface area contributed by atoms with E-state index in [1.165, 1.54) is 16.8 Å². The number of nitrogens with zero attached hydrogens (tertiary/aromatic N) is 3. The zero-order valence-electron chi connectivity index (χ0n) is 14.0. The first-order chi connectivity index (χ1) is 11.8. The van der Waals surface area contributed by atoms with Crippen molar-refractivity contribution in [1.82, 2.24) is 20.6 Å². The first-order valence-corrected chi connectivity index (χ1v) is 7.38. The molecular formula is C15H18N6O4. The molecule has 0 saturated heterocycles. The second-order valence-electron chi connectivity index (χ2n) is 5.33. The first kappa shape index (κ1) is 17.9. The van der Waals surface area contributed by atoms with Crippen LogP contribution in [0.15, 0.2) is 24.3 Å². The van der Waals surface area contributed by atoms with Crippen molar-refractivity contribution in [2.75, 3.05) is 12.4 Å². The third kappa shape index (κ3) is 4.31. The molecule has 0 fully saturated rings. The van der Waals surface area contributed by atoms with Gasteiger partial charge in [0, 0.05) is 24.4 Å². The molecule has 0 aliphatic carbocycles. The summed E-state index contributed by atoms with van der Waals surface area (Å²) < 4.78 is 1.50. The minimum absolute atomic E-state index is 0.0529. The van der Waals surface area contributed by atoms with E-state index in [0.29, 0.717) is 0 Å². The molecule has 0 radical (unpaired) electrons. The number of carbonyl (C=O) groups excluding carboxylic acids is 2. The molecule has 0 unspecified atom stereocenters. The second kappa shape index (κ2) is 7.43. The summed E-state index contributed by atoms with van der Waals surface area (Å²) in [6, 6.07) is 5.80. The van der Waals surface area contributed by atoms with E-state index in [2.05, 4.69) is 21.3 Å². The van der Waals surface area contributed by atoms with Gasteiger partial charge in [-0.05, 0) is 32.0 Å². The fraction of sp³-hybridized carbons (Fsp3) is 0.267. The monoisotopic (exact) mass is 346 g/mol. The van der Waals surface area contributed by atoms with Crippen LogP contribution in [-0.2, 0) is 11.3 Å². The molecule has 0 spiro atoms. The number of aromatic nitrogens is 2. The van der Waals surface area contributed by atoms with E-state index in [4.69, 9.17) is 0 Å². The van der Waals surface area contributed by atoms with Crippen molar-refractivity contribution >= 4 is 23.2 Å². The van der Waals surface area contributed by atoms with E-state index >= 15 is 0 Å². The number of hydrogen-bond acceptors (Lipinski definition) is 6. The van der Waals surface area contributed by atoms with Crippen LogP contribution in [0, 0.1) is 24.0 Å². The summed E-state index contributed by atoms with van der Waals surface area (Å²) in [7, 11) is 1.54. The fourth-order valence-electron chi connectivity index (χ4n) is 2.24. The third-order valence-electron chi connectivity index (χ3n) is 3.44. The minimum atomic E-state index is -0.660. The number of nitro groups is 1. The lowest BCUT2D eigenvalue weighted by Gasteiger charge is -2.09. The van der Waals surface area contributed by atoms with Gasteiger partial charge >= 0.3 is 0 Å². The molecule has 10 nitrogen and oxygen atoms in total. The quantitative estimate of drug-likeness (QED) is 0.545. The Morgan fingerprint density at radius 3 is 2.52 bits per heavy atom. The van der Waals surface area contributed by atoms with Gasteiger partial charge in [0.1, 0.15) is 12.2 Å². The smallest absolute Gasteiger partial charge is 0.293 e. The lowest BCUT2D eigenvalue weighted by Crippen LogP contribution is -2.43. The van der Waals surface area contributed by atoms with Crippen molar-refractivity contribution in [3.05, 3.63) is 51.3 Å². The Labute approximate surface area is 143 Å². The van der Waals surface area contributed by atoms with Crippen molar-refractivity contribution in [3.8, 4) is 0 Å². The van der Waals surface area contributed by atoms with E-state index in [1.807, 2.05) is 19.9 Å². The second-order valence-corrected chi connectivity index (χ2v) is 5.33. The molecule has 0 saturated carbocycles. The molecule has 1 aromatic carbocycles. The van der Waals surface area contributed by atoms with Gasteiger partial charge in [-0.3, -0.25) is 35.2 Å². The van der Waals surface area contributed by atoms with E-state index in [9.17, 15) is 19.7 Å². The normalized spacial score (nSPS) is 10.2. The summed E-state index contributed by atoms with van der Waals surface area (Å²) in [4.78, 5) is 34.4. The van der Waals surface area contributed by atoms with Crippen LogP contribution in [0.25, 0.3) is 0 Å². The summed E-state index contributed by atoms with van der Waals surface area (Å²) in [6.07, 6.45) is 0. The molecule has 1 aromatic heterocycles. The van der Waals surface area contributed by atoms with Crippen molar-refractivity contribution in [3.63, 3.8) is 0 Å². The van der Waals surface area contributed by atoms with Crippen LogP contribution >= 0.6 is 0 Å². The van der Waals surface area contributed by atoms with Crippen molar-refractivity contribution in [1.29, 1.82) is 0 Å². The molecular weight excluding hydrogens is 328 g/mol. The maximum absolute atomic E-state index is 12.1. The Hall–Kier alpha value is -3.43. The maximum Gasteiger partial charge on any atom is 0.293 e. The van der Waals surface area contributed by atoms with Crippen LogP contribution in [0.1, 0.15) is 21.7 Å². The van der Waals surface area contributed by atoms with Gasteiger partial charge in [0.2, 0.25) is 0 Å². The number of rotatable bonds is 5. The van der Waals surface area contributed by atoms with Crippen LogP contribution < -0.4 is 16.2 Å². The number of aryl methyl sites for hydroxylation is 2. The van der Waals surface area contributed by atoms with Crippen LogP contribution in [0.3, 0.4) is 0 Å². The topological polar surface area (TPSA) is 131 Å². The fourth-order valence-corrected chi connectivity index (χ4v) is 2.24. The number of hydrazine groups is 1. The molecule has 0 atom stereocenters. The lowest BCUT2D eigenvalue weighted by molar-refractivity contribution is -0.384. The largest absolute Gasteiger partial charge is 0.383 e. The predicted molar refractivity (Wildman–Crippen MR) is 90.0 cm³/mol. The summed E-state index contributed by atoms with van der Waals surface area (Å²) in [6.45, 7) is 3.57. The number of nitrogens with one attached hydrogen (secondary N) is 3. The van der Waals surface area contributed by atoms with Gasteiger partial charge in [-0.25, -0.2) is 0 Å².